The molecule has 30 heavy (non-hydrogen) atoms. The Balaban J connectivity index is 1.54. The summed E-state index contributed by atoms with van der Waals surface area (Å²) in [5.74, 6) is 2.28. The molecule has 0 radical (unpaired) electrons. The summed E-state index contributed by atoms with van der Waals surface area (Å²) in [5.41, 5.74) is 2.46. The number of carbonyl (C=O) groups is 1. The molecule has 2 aromatic heterocycles. The molecule has 2 fully saturated rings. The number of rotatable bonds is 4. The first kappa shape index (κ1) is 19.3. The minimum atomic E-state index is 0.269. The zero-order valence-corrected chi connectivity index (χ0v) is 18.1. The maximum absolute atomic E-state index is 12.4. The number of aromatic nitrogens is 4. The van der Waals surface area contributed by atoms with E-state index >= 15 is 0 Å². The molecule has 3 aromatic rings. The van der Waals surface area contributed by atoms with Crippen molar-refractivity contribution < 1.29 is 4.79 Å². The number of fused-ring (bicyclic) bond motifs is 1. The van der Waals surface area contributed by atoms with Crippen molar-refractivity contribution in [1.29, 1.82) is 0 Å². The first-order chi connectivity index (χ1) is 14.6. The van der Waals surface area contributed by atoms with Crippen LogP contribution in [0, 0.1) is 12.8 Å². The molecule has 1 saturated heterocycles. The fraction of sp³-hybridized carbons (Fsp3) is 0.455. The van der Waals surface area contributed by atoms with E-state index in [9.17, 15) is 4.79 Å². The molecule has 0 unspecified atom stereocenters. The fourth-order valence-electron chi connectivity index (χ4n) is 4.11. The Morgan fingerprint density at radius 2 is 1.87 bits per heavy atom. The number of amides is 1. The highest BCUT2D eigenvalue weighted by Crippen LogP contribution is 2.33. The predicted molar refractivity (Wildman–Crippen MR) is 117 cm³/mol. The molecule has 5 rings (SSSR count). The smallest absolute Gasteiger partial charge is 0.225 e. The van der Waals surface area contributed by atoms with E-state index in [1.807, 2.05) is 40.8 Å². The second kappa shape index (κ2) is 7.54. The van der Waals surface area contributed by atoms with E-state index in [1.165, 1.54) is 0 Å². The van der Waals surface area contributed by atoms with Crippen molar-refractivity contribution in [3.63, 3.8) is 0 Å². The van der Waals surface area contributed by atoms with Crippen molar-refractivity contribution in [1.82, 2.24) is 24.6 Å². The topological polar surface area (TPSA) is 67.2 Å². The van der Waals surface area contributed by atoms with Crippen molar-refractivity contribution >= 4 is 34.4 Å². The summed E-state index contributed by atoms with van der Waals surface area (Å²) < 4.78 is 1.82. The molecule has 8 heteroatoms. The van der Waals surface area contributed by atoms with Gasteiger partial charge >= 0.3 is 0 Å². The van der Waals surface area contributed by atoms with Gasteiger partial charge in [-0.25, -0.2) is 14.6 Å². The van der Waals surface area contributed by atoms with Gasteiger partial charge in [0.25, 0.3) is 0 Å². The molecule has 1 aliphatic carbocycles. The molecule has 156 valence electrons. The standard InChI is InChI=1S/C22H25ClN6O/c1-3-18-24-20(27-10-12-28(13-11-27)22(30)15-8-9-15)19-14(2)26-29(21(19)25-18)17-7-5-4-6-16(17)23/h4-7,15H,3,8-13H2,1-2H3. The van der Waals surface area contributed by atoms with Gasteiger partial charge in [-0.15, -0.1) is 0 Å². The number of aryl methyl sites for hydroxylation is 2. The SMILES string of the molecule is CCc1nc(N2CCN(C(=O)C3CC3)CC2)c2c(C)nn(-c3ccccc3Cl)c2n1. The summed E-state index contributed by atoms with van der Waals surface area (Å²) in [6.45, 7) is 7.05. The number of benzene rings is 1. The average Bonchev–Trinajstić information content (AvgIpc) is 3.57. The second-order valence-corrected chi connectivity index (χ2v) is 8.46. The molecule has 0 bridgehead atoms. The minimum Gasteiger partial charge on any atom is -0.352 e. The van der Waals surface area contributed by atoms with Crippen LogP contribution in [0.3, 0.4) is 0 Å². The van der Waals surface area contributed by atoms with Crippen molar-refractivity contribution in [2.45, 2.75) is 33.1 Å². The van der Waals surface area contributed by atoms with Crippen LogP contribution >= 0.6 is 11.6 Å². The van der Waals surface area contributed by atoms with Crippen LogP contribution in [0.4, 0.5) is 5.82 Å². The van der Waals surface area contributed by atoms with Gasteiger partial charge < -0.3 is 9.80 Å². The van der Waals surface area contributed by atoms with Crippen LogP contribution < -0.4 is 4.90 Å². The number of hydrogen-bond acceptors (Lipinski definition) is 5. The first-order valence-electron chi connectivity index (χ1n) is 10.6. The number of nitrogens with zero attached hydrogens (tertiary/aromatic N) is 6. The third-order valence-corrected chi connectivity index (χ3v) is 6.26. The number of anilines is 1. The van der Waals surface area contributed by atoms with Crippen molar-refractivity contribution in [2.24, 2.45) is 5.92 Å². The number of halogens is 1. The lowest BCUT2D eigenvalue weighted by molar-refractivity contribution is -0.132. The van der Waals surface area contributed by atoms with E-state index in [1.54, 1.807) is 0 Å². The lowest BCUT2D eigenvalue weighted by atomic mass is 10.2. The van der Waals surface area contributed by atoms with Gasteiger partial charge in [0.2, 0.25) is 5.91 Å². The van der Waals surface area contributed by atoms with Crippen molar-refractivity contribution in [3.8, 4) is 5.69 Å². The molecule has 3 heterocycles. The maximum Gasteiger partial charge on any atom is 0.225 e. The summed E-state index contributed by atoms with van der Waals surface area (Å²) in [4.78, 5) is 26.4. The molecular weight excluding hydrogens is 400 g/mol. The highest BCUT2D eigenvalue weighted by atomic mass is 35.5. The quantitative estimate of drug-likeness (QED) is 0.642. The summed E-state index contributed by atoms with van der Waals surface area (Å²) in [5, 5.41) is 6.35. The highest BCUT2D eigenvalue weighted by Gasteiger charge is 2.35. The molecular formula is C22H25ClN6O. The molecule has 1 aromatic carbocycles. The van der Waals surface area contributed by atoms with Gasteiger partial charge in [0.1, 0.15) is 11.6 Å². The Labute approximate surface area is 180 Å². The Hall–Kier alpha value is -2.67. The van der Waals surface area contributed by atoms with Crippen LogP contribution in [0.15, 0.2) is 24.3 Å². The van der Waals surface area contributed by atoms with Crippen molar-refractivity contribution in [3.05, 3.63) is 40.8 Å². The van der Waals surface area contributed by atoms with E-state index in [-0.39, 0.29) is 5.92 Å². The molecule has 2 aliphatic rings. The van der Waals surface area contributed by atoms with Gasteiger partial charge in [0.15, 0.2) is 5.65 Å². The number of carbonyl (C=O) groups excluding carboxylic acids is 1. The van der Waals surface area contributed by atoms with Crippen LogP contribution in [-0.2, 0) is 11.2 Å². The Morgan fingerprint density at radius 3 is 2.53 bits per heavy atom. The third kappa shape index (κ3) is 3.31. The Morgan fingerprint density at radius 1 is 1.13 bits per heavy atom. The van der Waals surface area contributed by atoms with E-state index in [0.717, 1.165) is 79.5 Å². The first-order valence-corrected chi connectivity index (χ1v) is 11.0. The minimum absolute atomic E-state index is 0.269. The number of hydrogen-bond donors (Lipinski definition) is 0. The fourth-order valence-corrected chi connectivity index (χ4v) is 4.33. The third-order valence-electron chi connectivity index (χ3n) is 5.94. The monoisotopic (exact) mass is 424 g/mol. The van der Waals surface area contributed by atoms with Gasteiger partial charge in [-0.2, -0.15) is 5.10 Å². The Kier molecular flexibility index (Phi) is 4.85. The lowest BCUT2D eigenvalue weighted by Crippen LogP contribution is -2.49. The summed E-state index contributed by atoms with van der Waals surface area (Å²) in [7, 11) is 0. The lowest BCUT2D eigenvalue weighted by Gasteiger charge is -2.36. The summed E-state index contributed by atoms with van der Waals surface area (Å²) in [6.07, 6.45) is 2.83. The van der Waals surface area contributed by atoms with E-state index < -0.39 is 0 Å². The van der Waals surface area contributed by atoms with Gasteiger partial charge in [-0.05, 0) is 31.9 Å². The van der Waals surface area contributed by atoms with Crippen LogP contribution in [0.2, 0.25) is 5.02 Å². The zero-order chi connectivity index (χ0) is 20.8. The van der Waals surface area contributed by atoms with Gasteiger partial charge in [-0.1, -0.05) is 30.7 Å². The number of piperazine rings is 1. The second-order valence-electron chi connectivity index (χ2n) is 8.05. The van der Waals surface area contributed by atoms with E-state index in [0.29, 0.717) is 10.9 Å². The van der Waals surface area contributed by atoms with E-state index in [4.69, 9.17) is 26.7 Å². The predicted octanol–water partition coefficient (Wildman–Crippen LogP) is 3.40. The Bertz CT molecular complexity index is 1110. The van der Waals surface area contributed by atoms with Gasteiger partial charge in [-0.3, -0.25) is 4.79 Å². The molecule has 7 nitrogen and oxygen atoms in total. The molecule has 0 N–H and O–H groups in total. The van der Waals surface area contributed by atoms with E-state index in [2.05, 4.69) is 11.8 Å². The highest BCUT2D eigenvalue weighted by molar-refractivity contribution is 6.32. The molecule has 0 spiro atoms. The van der Waals surface area contributed by atoms with Gasteiger partial charge in [0, 0.05) is 38.5 Å². The van der Waals surface area contributed by atoms with Crippen LogP contribution in [0.5, 0.6) is 0 Å². The molecule has 1 saturated carbocycles. The molecule has 0 atom stereocenters. The largest absolute Gasteiger partial charge is 0.352 e. The summed E-state index contributed by atoms with van der Waals surface area (Å²) in [6, 6.07) is 7.66. The maximum atomic E-state index is 12.4. The van der Waals surface area contributed by atoms with Crippen LogP contribution in [0.1, 0.15) is 31.3 Å². The summed E-state index contributed by atoms with van der Waals surface area (Å²) >= 11 is 6.45. The van der Waals surface area contributed by atoms with Crippen LogP contribution in [0.25, 0.3) is 16.7 Å². The average molecular weight is 425 g/mol. The number of para-hydroxylation sites is 1. The normalized spacial score (nSPS) is 17.0. The molecule has 1 amide bonds. The van der Waals surface area contributed by atoms with Crippen LogP contribution in [-0.4, -0.2) is 56.7 Å². The zero-order valence-electron chi connectivity index (χ0n) is 17.3. The van der Waals surface area contributed by atoms with Gasteiger partial charge in [0.05, 0.1) is 21.8 Å². The van der Waals surface area contributed by atoms with Crippen molar-refractivity contribution in [2.75, 3.05) is 31.1 Å². The molecule has 1 aliphatic heterocycles.